The van der Waals surface area contributed by atoms with Crippen molar-refractivity contribution in [1.82, 2.24) is 0 Å². The number of carbonyl (C=O) groups is 2. The largest absolute Gasteiger partial charge is 0.509 e. The van der Waals surface area contributed by atoms with Crippen LogP contribution in [0.2, 0.25) is 0 Å². The van der Waals surface area contributed by atoms with Crippen molar-refractivity contribution in [1.29, 1.82) is 0 Å². The number of hydrogen-bond donors (Lipinski definition) is 1. The molecule has 1 saturated heterocycles. The van der Waals surface area contributed by atoms with Crippen LogP contribution in [0.4, 0.5) is 4.79 Å². The summed E-state index contributed by atoms with van der Waals surface area (Å²) in [5.74, 6) is -0.471. The van der Waals surface area contributed by atoms with E-state index in [9.17, 15) is 14.7 Å². The minimum absolute atomic E-state index is 0.135. The van der Waals surface area contributed by atoms with Crippen LogP contribution in [-0.2, 0) is 19.0 Å². The third-order valence-electron chi connectivity index (χ3n) is 4.27. The van der Waals surface area contributed by atoms with Crippen molar-refractivity contribution in [3.8, 4) is 0 Å². The number of esters is 1. The number of rotatable bonds is 0. The van der Waals surface area contributed by atoms with Gasteiger partial charge in [-0.2, -0.15) is 0 Å². The summed E-state index contributed by atoms with van der Waals surface area (Å²) in [6.07, 6.45) is 7.15. The van der Waals surface area contributed by atoms with Gasteiger partial charge >= 0.3 is 12.1 Å². The summed E-state index contributed by atoms with van der Waals surface area (Å²) < 4.78 is 15.3. The topological polar surface area (TPSA) is 82.1 Å². The van der Waals surface area contributed by atoms with Crippen LogP contribution in [0.25, 0.3) is 0 Å². The molecule has 0 aromatic carbocycles. The molecule has 1 fully saturated rings. The average Bonchev–Trinajstić information content (AvgIpc) is 2.88. The zero-order chi connectivity index (χ0) is 16.7. The Hall–Kier alpha value is -1.56. The third-order valence-corrected chi connectivity index (χ3v) is 4.27. The summed E-state index contributed by atoms with van der Waals surface area (Å²) in [5, 5.41) is 10.2. The maximum atomic E-state index is 11.8. The van der Waals surface area contributed by atoms with Crippen LogP contribution in [0.1, 0.15) is 58.3 Å². The van der Waals surface area contributed by atoms with E-state index < -0.39 is 30.4 Å². The Morgan fingerprint density at radius 3 is 2.35 bits per heavy atom. The van der Waals surface area contributed by atoms with Crippen molar-refractivity contribution < 1.29 is 28.9 Å². The normalized spacial score (nSPS) is 35.6. The fourth-order valence-electron chi connectivity index (χ4n) is 2.96. The molecule has 0 amide bonds. The van der Waals surface area contributed by atoms with Gasteiger partial charge in [-0.1, -0.05) is 32.1 Å². The van der Waals surface area contributed by atoms with Crippen molar-refractivity contribution in [2.75, 3.05) is 0 Å². The van der Waals surface area contributed by atoms with Crippen molar-refractivity contribution >= 4 is 12.1 Å². The summed E-state index contributed by atoms with van der Waals surface area (Å²) in [5.41, 5.74) is 0. The van der Waals surface area contributed by atoms with Crippen molar-refractivity contribution in [2.45, 2.75) is 82.7 Å². The molecule has 0 saturated carbocycles. The minimum atomic E-state index is -0.816. The molecule has 130 valence electrons. The Morgan fingerprint density at radius 1 is 0.957 bits per heavy atom. The molecule has 2 aliphatic heterocycles. The van der Waals surface area contributed by atoms with E-state index in [4.69, 9.17) is 14.2 Å². The highest BCUT2D eigenvalue weighted by atomic mass is 16.8. The predicted molar refractivity (Wildman–Crippen MR) is 82.8 cm³/mol. The number of ether oxygens (including phenoxy) is 3. The van der Waals surface area contributed by atoms with Crippen LogP contribution in [-0.4, -0.2) is 41.6 Å². The molecule has 2 aliphatic rings. The molecule has 0 aromatic rings. The zero-order valence-electron chi connectivity index (χ0n) is 13.6. The Kier molecular flexibility index (Phi) is 6.89. The second-order valence-electron chi connectivity index (χ2n) is 6.29. The van der Waals surface area contributed by atoms with Gasteiger partial charge in [0.15, 0.2) is 12.2 Å². The van der Waals surface area contributed by atoms with E-state index in [1.165, 1.54) is 12.2 Å². The molecular weight excluding hydrogens is 300 g/mol. The van der Waals surface area contributed by atoms with E-state index in [1.54, 1.807) is 0 Å². The molecule has 4 atom stereocenters. The number of aliphatic hydroxyl groups excluding tert-OH is 1. The summed E-state index contributed by atoms with van der Waals surface area (Å²) in [6.45, 7) is 1.88. The van der Waals surface area contributed by atoms with Crippen molar-refractivity contribution in [3.05, 3.63) is 12.2 Å². The lowest BCUT2D eigenvalue weighted by Gasteiger charge is -2.19. The molecule has 6 heteroatoms. The van der Waals surface area contributed by atoms with Gasteiger partial charge in [0.1, 0.15) is 0 Å². The van der Waals surface area contributed by atoms with Gasteiger partial charge in [-0.3, -0.25) is 0 Å². The maximum absolute atomic E-state index is 11.8. The van der Waals surface area contributed by atoms with E-state index in [-0.39, 0.29) is 6.10 Å². The van der Waals surface area contributed by atoms with E-state index in [0.717, 1.165) is 44.9 Å². The van der Waals surface area contributed by atoms with Gasteiger partial charge in [0, 0.05) is 6.08 Å². The highest BCUT2D eigenvalue weighted by Gasteiger charge is 2.39. The van der Waals surface area contributed by atoms with E-state index in [1.807, 2.05) is 6.92 Å². The minimum Gasteiger partial charge on any atom is -0.460 e. The van der Waals surface area contributed by atoms with Gasteiger partial charge in [-0.05, 0) is 32.3 Å². The molecule has 1 N–H and O–H groups in total. The first-order chi connectivity index (χ1) is 11.1. The molecule has 0 aromatic heterocycles. The second-order valence-corrected chi connectivity index (χ2v) is 6.29. The van der Waals surface area contributed by atoms with Gasteiger partial charge in [0.2, 0.25) is 0 Å². The molecule has 0 aliphatic carbocycles. The van der Waals surface area contributed by atoms with Gasteiger partial charge in [-0.15, -0.1) is 0 Å². The lowest BCUT2D eigenvalue weighted by Crippen LogP contribution is -2.34. The van der Waals surface area contributed by atoms with Crippen molar-refractivity contribution in [3.63, 3.8) is 0 Å². The van der Waals surface area contributed by atoms with Crippen LogP contribution in [0, 0.1) is 0 Å². The van der Waals surface area contributed by atoms with Crippen molar-refractivity contribution in [2.24, 2.45) is 0 Å². The molecule has 0 spiro atoms. The first kappa shape index (κ1) is 17.8. The Morgan fingerprint density at radius 2 is 1.61 bits per heavy atom. The number of hydrogen-bond acceptors (Lipinski definition) is 6. The van der Waals surface area contributed by atoms with Crippen LogP contribution < -0.4 is 0 Å². The van der Waals surface area contributed by atoms with Gasteiger partial charge in [-0.25, -0.2) is 9.59 Å². The van der Waals surface area contributed by atoms with Crippen LogP contribution >= 0.6 is 0 Å². The Balaban J connectivity index is 2.01. The first-order valence-corrected chi connectivity index (χ1v) is 8.50. The number of cyclic esters (lactones) is 1. The third kappa shape index (κ3) is 5.86. The highest BCUT2D eigenvalue weighted by molar-refractivity contribution is 5.82. The molecule has 2 heterocycles. The first-order valence-electron chi connectivity index (χ1n) is 8.50. The molecule has 6 nitrogen and oxygen atoms in total. The molecular formula is C17H26O6. The molecule has 0 bridgehead atoms. The van der Waals surface area contributed by atoms with E-state index in [2.05, 4.69) is 0 Å². The standard InChI is InChI=1S/C17H26O6/c1-12-8-6-4-2-3-5-7-9-13(18)16-14(22-17(20)23-16)10-11-15(19)21-12/h10-14,16,18H,2-9H2,1H3/b11-10+/t12-,13+,14-,16+/m1/s1. The van der Waals surface area contributed by atoms with E-state index in [0.29, 0.717) is 6.42 Å². The van der Waals surface area contributed by atoms with E-state index >= 15 is 0 Å². The lowest BCUT2D eigenvalue weighted by atomic mass is 10.00. The van der Waals surface area contributed by atoms with Gasteiger partial charge in [0.25, 0.3) is 0 Å². The van der Waals surface area contributed by atoms with Crippen LogP contribution in [0.5, 0.6) is 0 Å². The zero-order valence-corrected chi connectivity index (χ0v) is 13.6. The Bertz CT molecular complexity index is 433. The van der Waals surface area contributed by atoms with Gasteiger partial charge < -0.3 is 19.3 Å². The summed E-state index contributed by atoms with van der Waals surface area (Å²) in [6, 6.07) is 0. The summed E-state index contributed by atoms with van der Waals surface area (Å²) in [4.78, 5) is 23.1. The fraction of sp³-hybridized carbons (Fsp3) is 0.765. The van der Waals surface area contributed by atoms with Crippen LogP contribution in [0.15, 0.2) is 12.2 Å². The SMILES string of the molecule is C[C@@H]1CCCCCCCC[C@H](O)[C@@H]2OC(=O)O[C@@H]2/C=C/C(=O)O1. The monoisotopic (exact) mass is 326 g/mol. The summed E-state index contributed by atoms with van der Waals surface area (Å²) in [7, 11) is 0. The van der Waals surface area contributed by atoms with Crippen LogP contribution in [0.3, 0.4) is 0 Å². The molecule has 2 rings (SSSR count). The average molecular weight is 326 g/mol. The quantitative estimate of drug-likeness (QED) is 0.689. The Labute approximate surface area is 136 Å². The predicted octanol–water partition coefficient (Wildman–Crippen LogP) is 2.87. The molecule has 23 heavy (non-hydrogen) atoms. The second kappa shape index (κ2) is 8.91. The maximum Gasteiger partial charge on any atom is 0.509 e. The number of aliphatic hydroxyl groups is 1. The fourth-order valence-corrected chi connectivity index (χ4v) is 2.96. The summed E-state index contributed by atoms with van der Waals surface area (Å²) >= 11 is 0. The highest BCUT2D eigenvalue weighted by Crippen LogP contribution is 2.23. The molecule has 0 radical (unpaired) electrons. The number of fused-ring (bicyclic) bond motifs is 1. The smallest absolute Gasteiger partial charge is 0.460 e. The number of carbonyl (C=O) groups excluding carboxylic acids is 2. The molecule has 0 unspecified atom stereocenters. The lowest BCUT2D eigenvalue weighted by molar-refractivity contribution is -0.142. The van der Waals surface area contributed by atoms with Gasteiger partial charge in [0.05, 0.1) is 12.2 Å².